The first-order valence-corrected chi connectivity index (χ1v) is 7.47. The number of amides is 2. The van der Waals surface area contributed by atoms with Gasteiger partial charge in [0.05, 0.1) is 0 Å². The summed E-state index contributed by atoms with van der Waals surface area (Å²) in [5, 5.41) is 5.26. The molecular weight excluding hydrogens is 356 g/mol. The van der Waals surface area contributed by atoms with Crippen molar-refractivity contribution in [2.75, 3.05) is 5.32 Å². The predicted molar refractivity (Wildman–Crippen MR) is 81.6 cm³/mol. The SMILES string of the molecule is O=C(Nc1ccc(Br)cn1)NC1CC1c1c(F)cccc1F. The molecule has 2 unspecified atom stereocenters. The summed E-state index contributed by atoms with van der Waals surface area (Å²) in [4.78, 5) is 15.8. The van der Waals surface area contributed by atoms with E-state index in [1.807, 2.05) is 0 Å². The molecule has 0 radical (unpaired) electrons. The number of hydrogen-bond donors (Lipinski definition) is 2. The van der Waals surface area contributed by atoms with Crippen molar-refractivity contribution in [1.29, 1.82) is 0 Å². The van der Waals surface area contributed by atoms with E-state index in [0.717, 1.165) is 4.47 Å². The molecule has 22 heavy (non-hydrogen) atoms. The van der Waals surface area contributed by atoms with Crippen molar-refractivity contribution in [3.63, 3.8) is 0 Å². The molecule has 2 atom stereocenters. The van der Waals surface area contributed by atoms with Crippen molar-refractivity contribution in [3.05, 3.63) is 58.2 Å². The summed E-state index contributed by atoms with van der Waals surface area (Å²) in [6.07, 6.45) is 2.07. The van der Waals surface area contributed by atoms with E-state index < -0.39 is 17.7 Å². The fourth-order valence-electron chi connectivity index (χ4n) is 2.31. The van der Waals surface area contributed by atoms with Crippen LogP contribution in [0.25, 0.3) is 0 Å². The molecule has 1 heterocycles. The highest BCUT2D eigenvalue weighted by atomic mass is 79.9. The first-order chi connectivity index (χ1) is 10.5. The summed E-state index contributed by atoms with van der Waals surface area (Å²) in [5.41, 5.74) is 0.0366. The number of benzene rings is 1. The summed E-state index contributed by atoms with van der Waals surface area (Å²) in [6, 6.07) is 6.44. The lowest BCUT2D eigenvalue weighted by atomic mass is 10.1. The second-order valence-electron chi connectivity index (χ2n) is 5.04. The molecule has 0 aliphatic heterocycles. The van der Waals surface area contributed by atoms with Gasteiger partial charge < -0.3 is 5.32 Å². The highest BCUT2D eigenvalue weighted by molar-refractivity contribution is 9.10. The summed E-state index contributed by atoms with van der Waals surface area (Å²) in [7, 11) is 0. The van der Waals surface area contributed by atoms with Crippen molar-refractivity contribution in [2.45, 2.75) is 18.4 Å². The molecule has 3 rings (SSSR count). The van der Waals surface area contributed by atoms with Gasteiger partial charge in [-0.2, -0.15) is 0 Å². The second-order valence-corrected chi connectivity index (χ2v) is 5.96. The van der Waals surface area contributed by atoms with Crippen LogP contribution in [0.3, 0.4) is 0 Å². The molecular formula is C15H12BrF2N3O. The number of carbonyl (C=O) groups is 1. The number of halogens is 3. The Bertz CT molecular complexity index is 688. The van der Waals surface area contributed by atoms with E-state index in [0.29, 0.717) is 12.2 Å². The Kier molecular flexibility index (Phi) is 4.06. The standard InChI is InChI=1S/C15H12BrF2N3O/c16-8-4-5-13(19-7-8)21-15(22)20-12-6-9(12)14-10(17)2-1-3-11(14)18/h1-5,7,9,12H,6H2,(H2,19,20,21,22). The lowest BCUT2D eigenvalue weighted by Crippen LogP contribution is -2.31. The molecule has 7 heteroatoms. The maximum Gasteiger partial charge on any atom is 0.320 e. The number of nitrogens with zero attached hydrogens (tertiary/aromatic N) is 1. The van der Waals surface area contributed by atoms with Crippen LogP contribution in [0.2, 0.25) is 0 Å². The van der Waals surface area contributed by atoms with E-state index in [4.69, 9.17) is 0 Å². The molecule has 2 aromatic rings. The van der Waals surface area contributed by atoms with Gasteiger partial charge in [-0.15, -0.1) is 0 Å². The van der Waals surface area contributed by atoms with E-state index in [1.165, 1.54) is 18.2 Å². The zero-order valence-corrected chi connectivity index (χ0v) is 12.9. The highest BCUT2D eigenvalue weighted by Gasteiger charge is 2.42. The van der Waals surface area contributed by atoms with E-state index in [-0.39, 0.29) is 17.5 Å². The van der Waals surface area contributed by atoms with Crippen LogP contribution in [0.1, 0.15) is 17.9 Å². The smallest absolute Gasteiger partial charge is 0.320 e. The zero-order chi connectivity index (χ0) is 15.7. The Labute approximate surface area is 134 Å². The van der Waals surface area contributed by atoms with Gasteiger partial charge in [0.15, 0.2) is 0 Å². The van der Waals surface area contributed by atoms with Crippen LogP contribution in [0.15, 0.2) is 41.0 Å². The van der Waals surface area contributed by atoms with Gasteiger partial charge in [0.2, 0.25) is 0 Å². The highest BCUT2D eigenvalue weighted by Crippen LogP contribution is 2.43. The van der Waals surface area contributed by atoms with E-state index in [1.54, 1.807) is 18.3 Å². The minimum Gasteiger partial charge on any atom is -0.334 e. The molecule has 1 aromatic carbocycles. The van der Waals surface area contributed by atoms with Crippen LogP contribution in [0.5, 0.6) is 0 Å². The van der Waals surface area contributed by atoms with Crippen LogP contribution in [-0.2, 0) is 0 Å². The number of carbonyl (C=O) groups excluding carboxylic acids is 1. The van der Waals surface area contributed by atoms with Gasteiger partial charge in [-0.1, -0.05) is 6.07 Å². The van der Waals surface area contributed by atoms with Gasteiger partial charge in [0, 0.05) is 28.2 Å². The van der Waals surface area contributed by atoms with Crippen molar-refractivity contribution >= 4 is 27.8 Å². The minimum absolute atomic E-state index is 0.0366. The Balaban J connectivity index is 1.59. The molecule has 1 aliphatic rings. The maximum absolute atomic E-state index is 13.7. The molecule has 0 spiro atoms. The van der Waals surface area contributed by atoms with E-state index in [9.17, 15) is 13.6 Å². The van der Waals surface area contributed by atoms with Crippen molar-refractivity contribution < 1.29 is 13.6 Å². The van der Waals surface area contributed by atoms with Crippen LogP contribution >= 0.6 is 15.9 Å². The van der Waals surface area contributed by atoms with E-state index >= 15 is 0 Å². The molecule has 2 amide bonds. The third-order valence-corrected chi connectivity index (χ3v) is 3.92. The average Bonchev–Trinajstić information content (AvgIpc) is 3.20. The van der Waals surface area contributed by atoms with Gasteiger partial charge in [0.1, 0.15) is 17.5 Å². The molecule has 0 saturated heterocycles. The van der Waals surface area contributed by atoms with Gasteiger partial charge in [0.25, 0.3) is 0 Å². The Morgan fingerprint density at radius 2 is 1.95 bits per heavy atom. The summed E-state index contributed by atoms with van der Waals surface area (Å²) in [5.74, 6) is -1.09. The number of rotatable bonds is 3. The van der Waals surface area contributed by atoms with Gasteiger partial charge >= 0.3 is 6.03 Å². The molecule has 1 aliphatic carbocycles. The second kappa shape index (κ2) is 6.00. The molecule has 114 valence electrons. The van der Waals surface area contributed by atoms with Crippen molar-refractivity contribution in [3.8, 4) is 0 Å². The summed E-state index contributed by atoms with van der Waals surface area (Å²) < 4.78 is 28.1. The number of nitrogens with one attached hydrogen (secondary N) is 2. The normalized spacial score (nSPS) is 19.6. The number of pyridine rings is 1. The van der Waals surface area contributed by atoms with Crippen molar-refractivity contribution in [1.82, 2.24) is 10.3 Å². The van der Waals surface area contributed by atoms with Crippen molar-refractivity contribution in [2.24, 2.45) is 0 Å². The van der Waals surface area contributed by atoms with Crippen LogP contribution in [-0.4, -0.2) is 17.1 Å². The van der Waals surface area contributed by atoms with Gasteiger partial charge in [-0.05, 0) is 46.6 Å². The molecule has 0 bridgehead atoms. The largest absolute Gasteiger partial charge is 0.334 e. The van der Waals surface area contributed by atoms with Crippen LogP contribution in [0.4, 0.5) is 19.4 Å². The van der Waals surface area contributed by atoms with Crippen LogP contribution in [0, 0.1) is 11.6 Å². The summed E-state index contributed by atoms with van der Waals surface area (Å²) >= 11 is 3.25. The topological polar surface area (TPSA) is 54.0 Å². The van der Waals surface area contributed by atoms with Gasteiger partial charge in [-0.3, -0.25) is 5.32 Å². The first kappa shape index (κ1) is 14.9. The number of hydrogen-bond acceptors (Lipinski definition) is 2. The Morgan fingerprint density at radius 1 is 1.23 bits per heavy atom. The Hall–Kier alpha value is -2.02. The lowest BCUT2D eigenvalue weighted by Gasteiger charge is -2.08. The Morgan fingerprint density at radius 3 is 2.59 bits per heavy atom. The molecule has 4 nitrogen and oxygen atoms in total. The predicted octanol–water partition coefficient (Wildman–Crippen LogP) is 3.80. The molecule has 2 N–H and O–H groups in total. The fourth-order valence-corrected chi connectivity index (χ4v) is 2.54. The van der Waals surface area contributed by atoms with Gasteiger partial charge in [-0.25, -0.2) is 18.6 Å². The number of anilines is 1. The third kappa shape index (κ3) is 3.24. The maximum atomic E-state index is 13.7. The number of aromatic nitrogens is 1. The fraction of sp³-hybridized carbons (Fsp3) is 0.200. The first-order valence-electron chi connectivity index (χ1n) is 6.67. The monoisotopic (exact) mass is 367 g/mol. The molecule has 1 fully saturated rings. The molecule has 1 saturated carbocycles. The average molecular weight is 368 g/mol. The summed E-state index contributed by atoms with van der Waals surface area (Å²) in [6.45, 7) is 0. The zero-order valence-electron chi connectivity index (χ0n) is 11.3. The minimum atomic E-state index is -0.579. The quantitative estimate of drug-likeness (QED) is 0.866. The van der Waals surface area contributed by atoms with Crippen LogP contribution < -0.4 is 10.6 Å². The molecule has 1 aromatic heterocycles. The van der Waals surface area contributed by atoms with E-state index in [2.05, 4.69) is 31.5 Å². The lowest BCUT2D eigenvalue weighted by molar-refractivity contribution is 0.251. The third-order valence-electron chi connectivity index (χ3n) is 3.45. The number of urea groups is 1.